The van der Waals surface area contributed by atoms with E-state index in [2.05, 4.69) is 59.0 Å². The van der Waals surface area contributed by atoms with Gasteiger partial charge >= 0.3 is 6.03 Å². The second-order valence-electron chi connectivity index (χ2n) is 7.27. The average Bonchev–Trinajstić information content (AvgIpc) is 2.64. The number of rotatable bonds is 5. The monoisotopic (exact) mass is 352 g/mol. The SMILES string of the molecule is CC(C)c1ccc(Nc2ccc(NC(=O)NC3CCCCC3)nc2)cc1. The van der Waals surface area contributed by atoms with Crippen LogP contribution in [-0.2, 0) is 0 Å². The van der Waals surface area contributed by atoms with Crippen molar-refractivity contribution in [2.24, 2.45) is 0 Å². The van der Waals surface area contributed by atoms with Gasteiger partial charge in [-0.25, -0.2) is 9.78 Å². The van der Waals surface area contributed by atoms with Crippen LogP contribution < -0.4 is 16.0 Å². The third-order valence-corrected chi connectivity index (χ3v) is 4.81. The van der Waals surface area contributed by atoms with Crippen molar-refractivity contribution in [3.8, 4) is 0 Å². The summed E-state index contributed by atoms with van der Waals surface area (Å²) < 4.78 is 0. The van der Waals surface area contributed by atoms with Crippen LogP contribution in [0.2, 0.25) is 0 Å². The van der Waals surface area contributed by atoms with Crippen molar-refractivity contribution in [3.63, 3.8) is 0 Å². The van der Waals surface area contributed by atoms with Gasteiger partial charge in [0.25, 0.3) is 0 Å². The Labute approximate surface area is 155 Å². The second-order valence-corrected chi connectivity index (χ2v) is 7.27. The molecule has 1 aliphatic carbocycles. The summed E-state index contributed by atoms with van der Waals surface area (Å²) in [4.78, 5) is 16.4. The molecule has 0 bridgehead atoms. The zero-order valence-electron chi connectivity index (χ0n) is 15.6. The lowest BCUT2D eigenvalue weighted by molar-refractivity contribution is 0.244. The minimum Gasteiger partial charge on any atom is -0.354 e. The summed E-state index contributed by atoms with van der Waals surface area (Å²) in [5, 5.41) is 9.17. The number of amides is 2. The highest BCUT2D eigenvalue weighted by Gasteiger charge is 2.15. The molecule has 5 nitrogen and oxygen atoms in total. The van der Waals surface area contributed by atoms with Crippen molar-refractivity contribution < 1.29 is 4.79 Å². The van der Waals surface area contributed by atoms with Crippen LogP contribution in [0.25, 0.3) is 0 Å². The molecule has 1 heterocycles. The molecule has 1 saturated carbocycles. The van der Waals surface area contributed by atoms with E-state index in [1.165, 1.54) is 24.8 Å². The predicted octanol–water partition coefficient (Wildman–Crippen LogP) is 5.40. The lowest BCUT2D eigenvalue weighted by Crippen LogP contribution is -2.39. The Balaban J connectivity index is 1.52. The molecule has 1 aromatic carbocycles. The second kappa shape index (κ2) is 8.70. The molecular formula is C21H28N4O. The van der Waals surface area contributed by atoms with Crippen LogP contribution in [0.1, 0.15) is 57.4 Å². The number of aromatic nitrogens is 1. The van der Waals surface area contributed by atoms with Gasteiger partial charge in [-0.3, -0.25) is 5.32 Å². The molecule has 0 unspecified atom stereocenters. The lowest BCUT2D eigenvalue weighted by Gasteiger charge is -2.22. The Kier molecular flexibility index (Phi) is 6.10. The Morgan fingerprint density at radius 1 is 1.00 bits per heavy atom. The molecule has 138 valence electrons. The van der Waals surface area contributed by atoms with Crippen molar-refractivity contribution in [1.82, 2.24) is 10.3 Å². The van der Waals surface area contributed by atoms with Gasteiger partial charge in [-0.1, -0.05) is 45.2 Å². The van der Waals surface area contributed by atoms with Crippen molar-refractivity contribution in [2.45, 2.75) is 57.9 Å². The maximum absolute atomic E-state index is 12.1. The largest absolute Gasteiger partial charge is 0.354 e. The third-order valence-electron chi connectivity index (χ3n) is 4.81. The standard InChI is InChI=1S/C21H28N4O/c1-15(2)16-8-10-18(11-9-16)23-19-12-13-20(22-14-19)25-21(26)24-17-6-4-3-5-7-17/h8-15,17,23H,3-7H2,1-2H3,(H2,22,24,25,26). The molecule has 0 atom stereocenters. The number of hydrogen-bond donors (Lipinski definition) is 3. The Bertz CT molecular complexity index is 704. The van der Waals surface area contributed by atoms with E-state index in [-0.39, 0.29) is 6.03 Å². The van der Waals surface area contributed by atoms with Crippen molar-refractivity contribution in [2.75, 3.05) is 10.6 Å². The molecule has 5 heteroatoms. The maximum Gasteiger partial charge on any atom is 0.320 e. The summed E-state index contributed by atoms with van der Waals surface area (Å²) in [6.45, 7) is 4.37. The molecule has 3 rings (SSSR count). The van der Waals surface area contributed by atoms with Crippen LogP contribution in [0.15, 0.2) is 42.6 Å². The van der Waals surface area contributed by atoms with Crippen molar-refractivity contribution in [3.05, 3.63) is 48.2 Å². The number of pyridine rings is 1. The van der Waals surface area contributed by atoms with Crippen molar-refractivity contribution in [1.29, 1.82) is 0 Å². The molecule has 0 radical (unpaired) electrons. The van der Waals surface area contributed by atoms with E-state index in [1.54, 1.807) is 6.20 Å². The fourth-order valence-corrected chi connectivity index (χ4v) is 3.24. The zero-order valence-corrected chi connectivity index (χ0v) is 15.6. The summed E-state index contributed by atoms with van der Waals surface area (Å²) in [6.07, 6.45) is 7.53. The highest BCUT2D eigenvalue weighted by atomic mass is 16.2. The number of carbonyl (C=O) groups is 1. The molecule has 0 saturated heterocycles. The van der Waals surface area contributed by atoms with Gasteiger partial charge in [0.05, 0.1) is 11.9 Å². The molecule has 1 fully saturated rings. The first-order valence-electron chi connectivity index (χ1n) is 9.51. The van der Waals surface area contributed by atoms with Gasteiger partial charge in [-0.05, 0) is 48.6 Å². The summed E-state index contributed by atoms with van der Waals surface area (Å²) in [5.41, 5.74) is 3.23. The van der Waals surface area contributed by atoms with Gasteiger partial charge in [0.1, 0.15) is 5.82 Å². The number of hydrogen-bond acceptors (Lipinski definition) is 3. The summed E-state index contributed by atoms with van der Waals surface area (Å²) >= 11 is 0. The van der Waals surface area contributed by atoms with Gasteiger partial charge < -0.3 is 10.6 Å². The third kappa shape index (κ3) is 5.22. The molecule has 3 N–H and O–H groups in total. The smallest absolute Gasteiger partial charge is 0.320 e. The molecule has 0 spiro atoms. The fourth-order valence-electron chi connectivity index (χ4n) is 3.24. The van der Waals surface area contributed by atoms with E-state index in [4.69, 9.17) is 0 Å². The Hall–Kier alpha value is -2.56. The van der Waals surface area contributed by atoms with E-state index in [9.17, 15) is 4.79 Å². The summed E-state index contributed by atoms with van der Waals surface area (Å²) in [5.74, 6) is 1.08. The maximum atomic E-state index is 12.1. The lowest BCUT2D eigenvalue weighted by atomic mass is 9.96. The average molecular weight is 352 g/mol. The summed E-state index contributed by atoms with van der Waals surface area (Å²) in [6, 6.07) is 12.2. The fraction of sp³-hybridized carbons (Fsp3) is 0.429. The topological polar surface area (TPSA) is 66.0 Å². The van der Waals surface area contributed by atoms with Gasteiger partial charge in [-0.15, -0.1) is 0 Å². The molecule has 1 aromatic heterocycles. The van der Waals surface area contributed by atoms with E-state index in [0.717, 1.165) is 24.2 Å². The predicted molar refractivity (Wildman–Crippen MR) is 107 cm³/mol. The zero-order chi connectivity index (χ0) is 18.4. The molecule has 2 aromatic rings. The number of benzene rings is 1. The Morgan fingerprint density at radius 3 is 2.31 bits per heavy atom. The van der Waals surface area contributed by atoms with E-state index < -0.39 is 0 Å². The number of urea groups is 1. The molecule has 0 aliphatic heterocycles. The van der Waals surface area contributed by atoms with Crippen LogP contribution in [0.3, 0.4) is 0 Å². The van der Waals surface area contributed by atoms with Gasteiger partial charge in [0.2, 0.25) is 0 Å². The van der Waals surface area contributed by atoms with Crippen LogP contribution in [0.4, 0.5) is 22.0 Å². The minimum absolute atomic E-state index is 0.172. The highest BCUT2D eigenvalue weighted by molar-refractivity contribution is 5.88. The van der Waals surface area contributed by atoms with Crippen molar-refractivity contribution >= 4 is 23.2 Å². The van der Waals surface area contributed by atoms with Crippen LogP contribution in [0.5, 0.6) is 0 Å². The number of anilines is 3. The van der Waals surface area contributed by atoms with Crippen LogP contribution in [-0.4, -0.2) is 17.1 Å². The van der Waals surface area contributed by atoms with Gasteiger partial charge in [0, 0.05) is 11.7 Å². The first-order chi connectivity index (χ1) is 12.6. The minimum atomic E-state index is -0.172. The summed E-state index contributed by atoms with van der Waals surface area (Å²) in [7, 11) is 0. The van der Waals surface area contributed by atoms with E-state index in [1.807, 2.05) is 12.1 Å². The first kappa shape index (κ1) is 18.2. The molecule has 1 aliphatic rings. The number of nitrogens with one attached hydrogen (secondary N) is 3. The first-order valence-corrected chi connectivity index (χ1v) is 9.51. The quantitative estimate of drug-likeness (QED) is 0.675. The number of carbonyl (C=O) groups excluding carboxylic acids is 1. The molecule has 2 amide bonds. The Morgan fingerprint density at radius 2 is 1.69 bits per heavy atom. The van der Waals surface area contributed by atoms with Crippen LogP contribution in [0, 0.1) is 0 Å². The van der Waals surface area contributed by atoms with Gasteiger partial charge in [0.15, 0.2) is 0 Å². The van der Waals surface area contributed by atoms with Gasteiger partial charge in [-0.2, -0.15) is 0 Å². The molecular weight excluding hydrogens is 324 g/mol. The number of nitrogens with zero attached hydrogens (tertiary/aromatic N) is 1. The normalized spacial score (nSPS) is 14.9. The molecule has 26 heavy (non-hydrogen) atoms. The highest BCUT2D eigenvalue weighted by Crippen LogP contribution is 2.21. The van der Waals surface area contributed by atoms with E-state index in [0.29, 0.717) is 17.8 Å². The van der Waals surface area contributed by atoms with Crippen LogP contribution >= 0.6 is 0 Å². The van der Waals surface area contributed by atoms with E-state index >= 15 is 0 Å².